The lowest BCUT2D eigenvalue weighted by molar-refractivity contribution is 0.245. The van der Waals surface area contributed by atoms with Gasteiger partial charge >= 0.3 is 0 Å². The molecule has 1 unspecified atom stereocenters. The molecule has 2 aromatic carbocycles. The minimum atomic E-state index is 0.00825. The Kier molecular flexibility index (Phi) is 7.60. The van der Waals surface area contributed by atoms with Crippen molar-refractivity contribution >= 4 is 23.2 Å². The van der Waals surface area contributed by atoms with Crippen molar-refractivity contribution in [3.8, 4) is 16.9 Å². The van der Waals surface area contributed by atoms with Crippen LogP contribution in [0.4, 0.5) is 11.6 Å². The maximum absolute atomic E-state index is 6.40. The highest BCUT2D eigenvalue weighted by Gasteiger charge is 2.18. The number of para-hydroxylation sites is 1. The molecule has 0 aliphatic rings. The highest BCUT2D eigenvalue weighted by Crippen LogP contribution is 2.32. The molecule has 0 aliphatic carbocycles. The summed E-state index contributed by atoms with van der Waals surface area (Å²) in [5.74, 6) is 1.50. The lowest BCUT2D eigenvalue weighted by atomic mass is 9.86. The number of halogens is 1. The van der Waals surface area contributed by atoms with Gasteiger partial charge in [-0.25, -0.2) is 14.6 Å². The van der Waals surface area contributed by atoms with E-state index in [-0.39, 0.29) is 5.41 Å². The van der Waals surface area contributed by atoms with E-state index in [0.29, 0.717) is 29.2 Å². The summed E-state index contributed by atoms with van der Waals surface area (Å²) < 4.78 is 7.74. The number of tetrazole rings is 1. The fourth-order valence-corrected chi connectivity index (χ4v) is 3.82. The first-order valence-corrected chi connectivity index (χ1v) is 12.0. The number of ether oxygens (including phenoxy) is 1. The van der Waals surface area contributed by atoms with Crippen LogP contribution in [0.15, 0.2) is 61.2 Å². The van der Waals surface area contributed by atoms with Gasteiger partial charge in [0.25, 0.3) is 0 Å². The molecule has 0 spiro atoms. The molecule has 0 aliphatic heterocycles. The first-order valence-electron chi connectivity index (χ1n) is 11.6. The Morgan fingerprint density at radius 1 is 1.06 bits per heavy atom. The standard InChI is InChI=1S/C26H30ClN7O/c1-18(11-12-34-17-30-32-33-34)16-35-24-13-19(9-10-22(24)27)20-14-28-25(29-15-20)31-23-8-6-5-7-21(23)26(2,3)4/h5-10,13-15,17-18H,11-12,16H2,1-4H3,(H,28,29,31). The number of aromatic nitrogens is 6. The molecule has 2 aromatic heterocycles. The highest BCUT2D eigenvalue weighted by atomic mass is 35.5. The van der Waals surface area contributed by atoms with Crippen molar-refractivity contribution in [3.63, 3.8) is 0 Å². The van der Waals surface area contributed by atoms with E-state index in [1.54, 1.807) is 23.4 Å². The number of aryl methyl sites for hydroxylation is 1. The zero-order valence-corrected chi connectivity index (χ0v) is 21.2. The minimum Gasteiger partial charge on any atom is -0.492 e. The number of rotatable bonds is 9. The van der Waals surface area contributed by atoms with E-state index in [0.717, 1.165) is 29.8 Å². The molecule has 182 valence electrons. The summed E-state index contributed by atoms with van der Waals surface area (Å²) >= 11 is 6.40. The first kappa shape index (κ1) is 24.6. The predicted octanol–water partition coefficient (Wildman–Crippen LogP) is 5.93. The summed E-state index contributed by atoms with van der Waals surface area (Å²) in [4.78, 5) is 9.07. The average molecular weight is 492 g/mol. The van der Waals surface area contributed by atoms with Crippen LogP contribution in [0.1, 0.15) is 39.7 Å². The Morgan fingerprint density at radius 3 is 2.54 bits per heavy atom. The lowest BCUT2D eigenvalue weighted by Gasteiger charge is -2.23. The molecule has 4 aromatic rings. The zero-order chi connectivity index (χ0) is 24.8. The van der Waals surface area contributed by atoms with Crippen molar-refractivity contribution in [1.29, 1.82) is 0 Å². The molecule has 0 radical (unpaired) electrons. The molecule has 0 bridgehead atoms. The summed E-state index contributed by atoms with van der Waals surface area (Å²) in [6.07, 6.45) is 6.11. The molecule has 8 nitrogen and oxygen atoms in total. The van der Waals surface area contributed by atoms with Gasteiger partial charge in [-0.2, -0.15) is 0 Å². The fourth-order valence-electron chi connectivity index (χ4n) is 3.65. The van der Waals surface area contributed by atoms with Gasteiger partial charge in [-0.05, 0) is 57.5 Å². The van der Waals surface area contributed by atoms with E-state index in [4.69, 9.17) is 16.3 Å². The van der Waals surface area contributed by atoms with Crippen LogP contribution in [-0.2, 0) is 12.0 Å². The normalized spacial score (nSPS) is 12.4. The van der Waals surface area contributed by atoms with Crippen LogP contribution in [0, 0.1) is 5.92 Å². The number of hydrogen-bond donors (Lipinski definition) is 1. The number of nitrogens with zero attached hydrogens (tertiary/aromatic N) is 6. The molecule has 1 N–H and O–H groups in total. The first-order chi connectivity index (χ1) is 16.8. The van der Waals surface area contributed by atoms with Gasteiger partial charge in [-0.1, -0.05) is 63.6 Å². The van der Waals surface area contributed by atoms with Crippen molar-refractivity contribution in [3.05, 3.63) is 71.8 Å². The van der Waals surface area contributed by atoms with Gasteiger partial charge in [0, 0.05) is 30.2 Å². The van der Waals surface area contributed by atoms with Gasteiger partial charge in [-0.15, -0.1) is 5.10 Å². The van der Waals surface area contributed by atoms with Gasteiger partial charge in [0.15, 0.2) is 0 Å². The van der Waals surface area contributed by atoms with Gasteiger partial charge in [-0.3, -0.25) is 0 Å². The summed E-state index contributed by atoms with van der Waals surface area (Å²) in [6, 6.07) is 13.9. The molecule has 0 fully saturated rings. The second kappa shape index (κ2) is 10.8. The number of hydrogen-bond acceptors (Lipinski definition) is 7. The third-order valence-electron chi connectivity index (χ3n) is 5.66. The molecule has 35 heavy (non-hydrogen) atoms. The Morgan fingerprint density at radius 2 is 1.83 bits per heavy atom. The molecule has 9 heteroatoms. The monoisotopic (exact) mass is 491 g/mol. The number of benzene rings is 2. The molecule has 0 amide bonds. The largest absolute Gasteiger partial charge is 0.492 e. The second-order valence-electron chi connectivity index (χ2n) is 9.64. The van der Waals surface area contributed by atoms with Crippen LogP contribution in [-0.4, -0.2) is 36.8 Å². The van der Waals surface area contributed by atoms with Crippen LogP contribution in [0.25, 0.3) is 11.1 Å². The fraction of sp³-hybridized carbons (Fsp3) is 0.346. The SMILES string of the molecule is CC(CCn1cnnn1)COc1cc(-c2cnc(Nc3ccccc3C(C)(C)C)nc2)ccc1Cl. The van der Waals surface area contributed by atoms with Crippen molar-refractivity contribution in [2.75, 3.05) is 11.9 Å². The Bertz CT molecular complexity index is 1240. The van der Waals surface area contributed by atoms with Crippen molar-refractivity contribution < 1.29 is 4.74 Å². The van der Waals surface area contributed by atoms with Crippen LogP contribution in [0.2, 0.25) is 5.02 Å². The van der Waals surface area contributed by atoms with E-state index >= 15 is 0 Å². The molecule has 1 atom stereocenters. The van der Waals surface area contributed by atoms with Gasteiger partial charge in [0.05, 0.1) is 11.6 Å². The van der Waals surface area contributed by atoms with Crippen LogP contribution in [0.5, 0.6) is 5.75 Å². The molecule has 0 saturated heterocycles. The van der Waals surface area contributed by atoms with Gasteiger partial charge in [0.2, 0.25) is 5.95 Å². The predicted molar refractivity (Wildman–Crippen MR) is 138 cm³/mol. The maximum atomic E-state index is 6.40. The van der Waals surface area contributed by atoms with Crippen LogP contribution >= 0.6 is 11.6 Å². The maximum Gasteiger partial charge on any atom is 0.227 e. The summed E-state index contributed by atoms with van der Waals surface area (Å²) in [6.45, 7) is 9.97. The van der Waals surface area contributed by atoms with Gasteiger partial charge < -0.3 is 10.1 Å². The topological polar surface area (TPSA) is 90.6 Å². The van der Waals surface area contributed by atoms with Crippen LogP contribution in [0.3, 0.4) is 0 Å². The van der Waals surface area contributed by atoms with Gasteiger partial charge in [0.1, 0.15) is 12.1 Å². The molecule has 2 heterocycles. The third kappa shape index (κ3) is 6.54. The summed E-state index contributed by atoms with van der Waals surface area (Å²) in [5, 5.41) is 15.1. The minimum absolute atomic E-state index is 0.00825. The van der Waals surface area contributed by atoms with Crippen molar-refractivity contribution in [2.24, 2.45) is 5.92 Å². The van der Waals surface area contributed by atoms with Crippen LogP contribution < -0.4 is 10.1 Å². The molecule has 4 rings (SSSR count). The van der Waals surface area contributed by atoms with E-state index < -0.39 is 0 Å². The van der Waals surface area contributed by atoms with Crippen molar-refractivity contribution in [2.45, 2.75) is 46.1 Å². The quantitative estimate of drug-likeness (QED) is 0.310. The Balaban J connectivity index is 1.41. The average Bonchev–Trinajstić information content (AvgIpc) is 3.36. The number of anilines is 2. The van der Waals surface area contributed by atoms with E-state index in [9.17, 15) is 0 Å². The van der Waals surface area contributed by atoms with E-state index in [1.165, 1.54) is 5.56 Å². The third-order valence-corrected chi connectivity index (χ3v) is 5.98. The second-order valence-corrected chi connectivity index (χ2v) is 10.0. The molecular formula is C26H30ClN7O. The smallest absolute Gasteiger partial charge is 0.227 e. The summed E-state index contributed by atoms with van der Waals surface area (Å²) in [7, 11) is 0. The zero-order valence-electron chi connectivity index (χ0n) is 20.4. The van der Waals surface area contributed by atoms with E-state index in [2.05, 4.69) is 64.6 Å². The Labute approximate surface area is 210 Å². The van der Waals surface area contributed by atoms with E-state index in [1.807, 2.05) is 36.4 Å². The lowest BCUT2D eigenvalue weighted by Crippen LogP contribution is -2.14. The summed E-state index contributed by atoms with van der Waals surface area (Å²) in [5.41, 5.74) is 4.04. The number of nitrogens with one attached hydrogen (secondary N) is 1. The van der Waals surface area contributed by atoms with Crippen molar-refractivity contribution in [1.82, 2.24) is 30.2 Å². The Hall–Kier alpha value is -3.52. The molecule has 0 saturated carbocycles. The molecular weight excluding hydrogens is 462 g/mol. The highest BCUT2D eigenvalue weighted by molar-refractivity contribution is 6.32.